The average Bonchev–Trinajstić information content (AvgIpc) is 2.95. The molecule has 0 bridgehead atoms. The van der Waals surface area contributed by atoms with Crippen LogP contribution >= 0.6 is 0 Å². The Labute approximate surface area is 143 Å². The van der Waals surface area contributed by atoms with Crippen molar-refractivity contribution < 1.29 is 22.7 Å². The molecule has 138 valence electrons. The minimum absolute atomic E-state index is 0.0439. The van der Waals surface area contributed by atoms with Gasteiger partial charge in [0.25, 0.3) is 10.2 Å². The second-order valence-corrected chi connectivity index (χ2v) is 8.95. The van der Waals surface area contributed by atoms with Crippen LogP contribution in [-0.4, -0.2) is 94.0 Å². The number of fused-ring (bicyclic) bond motifs is 1. The van der Waals surface area contributed by atoms with E-state index in [0.29, 0.717) is 59.1 Å². The summed E-state index contributed by atoms with van der Waals surface area (Å²) in [4.78, 5) is 13.6. The zero-order chi connectivity index (χ0) is 17.4. The number of carbonyl (C=O) groups excluding carboxylic acids is 1. The maximum Gasteiger partial charge on any atom is 0.282 e. The van der Waals surface area contributed by atoms with Crippen molar-refractivity contribution in [3.63, 3.8) is 0 Å². The molecule has 0 aromatic carbocycles. The van der Waals surface area contributed by atoms with Crippen molar-refractivity contribution in [3.8, 4) is 0 Å². The average molecular weight is 361 g/mol. The van der Waals surface area contributed by atoms with Crippen molar-refractivity contribution in [2.45, 2.75) is 13.3 Å². The van der Waals surface area contributed by atoms with Gasteiger partial charge in [-0.2, -0.15) is 17.0 Å². The van der Waals surface area contributed by atoms with Crippen LogP contribution in [0.2, 0.25) is 0 Å². The smallest absolute Gasteiger partial charge is 0.282 e. The summed E-state index contributed by atoms with van der Waals surface area (Å²) in [6.07, 6.45) is 0.721. The number of nitrogens with zero attached hydrogens (tertiary/aromatic N) is 3. The predicted molar refractivity (Wildman–Crippen MR) is 87.6 cm³/mol. The molecule has 0 spiro atoms. The molecule has 3 heterocycles. The largest absolute Gasteiger partial charge is 0.384 e. The van der Waals surface area contributed by atoms with E-state index < -0.39 is 10.2 Å². The van der Waals surface area contributed by atoms with Crippen molar-refractivity contribution in [2.75, 3.05) is 66.2 Å². The van der Waals surface area contributed by atoms with Gasteiger partial charge < -0.3 is 14.4 Å². The lowest BCUT2D eigenvalue weighted by Gasteiger charge is -2.43. The molecule has 0 saturated carbocycles. The van der Waals surface area contributed by atoms with E-state index in [-0.39, 0.29) is 17.2 Å². The summed E-state index contributed by atoms with van der Waals surface area (Å²) in [6.45, 7) is 6.04. The summed E-state index contributed by atoms with van der Waals surface area (Å²) in [6, 6.07) is 0. The molecule has 3 rings (SSSR count). The Morgan fingerprint density at radius 1 is 1.21 bits per heavy atom. The summed E-state index contributed by atoms with van der Waals surface area (Å²) in [5, 5.41) is 0. The van der Waals surface area contributed by atoms with Gasteiger partial charge in [0.1, 0.15) is 0 Å². The van der Waals surface area contributed by atoms with Crippen LogP contribution in [0.1, 0.15) is 13.3 Å². The molecular weight excluding hydrogens is 334 g/mol. The van der Waals surface area contributed by atoms with E-state index in [9.17, 15) is 13.2 Å². The highest BCUT2D eigenvalue weighted by Crippen LogP contribution is 2.43. The predicted octanol–water partition coefficient (Wildman–Crippen LogP) is -0.620. The van der Waals surface area contributed by atoms with Crippen LogP contribution in [0.5, 0.6) is 0 Å². The second kappa shape index (κ2) is 6.87. The van der Waals surface area contributed by atoms with Gasteiger partial charge in [-0.15, -0.1) is 0 Å². The van der Waals surface area contributed by atoms with E-state index in [2.05, 4.69) is 0 Å². The van der Waals surface area contributed by atoms with Crippen LogP contribution < -0.4 is 0 Å². The minimum atomic E-state index is -3.46. The molecule has 0 aromatic heterocycles. The summed E-state index contributed by atoms with van der Waals surface area (Å²) in [5.74, 6) is 0.161. The van der Waals surface area contributed by atoms with E-state index in [1.165, 1.54) is 4.31 Å². The topological polar surface area (TPSA) is 79.4 Å². The molecule has 0 aliphatic carbocycles. The zero-order valence-corrected chi connectivity index (χ0v) is 15.3. The van der Waals surface area contributed by atoms with Gasteiger partial charge in [0.2, 0.25) is 5.91 Å². The van der Waals surface area contributed by atoms with Gasteiger partial charge in [-0.05, 0) is 12.3 Å². The molecule has 0 radical (unpaired) electrons. The summed E-state index contributed by atoms with van der Waals surface area (Å²) >= 11 is 0. The van der Waals surface area contributed by atoms with Crippen LogP contribution in [0.3, 0.4) is 0 Å². The van der Waals surface area contributed by atoms with Crippen LogP contribution in [0.4, 0.5) is 0 Å². The molecule has 0 aromatic rings. The molecule has 8 nitrogen and oxygen atoms in total. The van der Waals surface area contributed by atoms with E-state index >= 15 is 0 Å². The molecule has 0 N–H and O–H groups in total. The Balaban J connectivity index is 1.76. The SMILES string of the molecule is COC[C@@]12CCN(S(=O)(=O)N3CCOCC3)C[C@@H]1CN(C(C)=O)C2. The lowest BCUT2D eigenvalue weighted by atomic mass is 9.74. The molecule has 9 heteroatoms. The normalized spacial score (nSPS) is 32.8. The Kier molecular flexibility index (Phi) is 5.17. The maximum atomic E-state index is 12.9. The van der Waals surface area contributed by atoms with E-state index in [4.69, 9.17) is 9.47 Å². The third kappa shape index (κ3) is 3.20. The Morgan fingerprint density at radius 2 is 1.92 bits per heavy atom. The van der Waals surface area contributed by atoms with Gasteiger partial charge in [0.05, 0.1) is 19.8 Å². The van der Waals surface area contributed by atoms with E-state index in [0.717, 1.165) is 6.42 Å². The molecule has 2 atom stereocenters. The number of methoxy groups -OCH3 is 1. The van der Waals surface area contributed by atoms with Gasteiger partial charge in [-0.1, -0.05) is 0 Å². The van der Waals surface area contributed by atoms with Gasteiger partial charge >= 0.3 is 0 Å². The number of likely N-dealkylation sites (tertiary alicyclic amines) is 1. The number of ether oxygens (including phenoxy) is 2. The quantitative estimate of drug-likeness (QED) is 0.667. The van der Waals surface area contributed by atoms with Gasteiger partial charge in [-0.25, -0.2) is 0 Å². The first-order valence-corrected chi connectivity index (χ1v) is 9.86. The number of hydrogen-bond acceptors (Lipinski definition) is 5. The first-order valence-electron chi connectivity index (χ1n) is 8.46. The third-order valence-electron chi connectivity index (χ3n) is 5.60. The molecule has 3 aliphatic rings. The number of carbonyl (C=O) groups is 1. The van der Waals surface area contributed by atoms with Gasteiger partial charge in [0.15, 0.2) is 0 Å². The van der Waals surface area contributed by atoms with Crippen LogP contribution in [0, 0.1) is 11.3 Å². The minimum Gasteiger partial charge on any atom is -0.384 e. The van der Waals surface area contributed by atoms with Crippen molar-refractivity contribution in [3.05, 3.63) is 0 Å². The van der Waals surface area contributed by atoms with Crippen molar-refractivity contribution >= 4 is 16.1 Å². The lowest BCUT2D eigenvalue weighted by Crippen LogP contribution is -2.55. The summed E-state index contributed by atoms with van der Waals surface area (Å²) in [5.41, 5.74) is -0.128. The molecular formula is C15H27N3O5S. The highest BCUT2D eigenvalue weighted by molar-refractivity contribution is 7.86. The molecule has 3 saturated heterocycles. The maximum absolute atomic E-state index is 12.9. The Hall–Kier alpha value is -0.740. The number of piperidine rings is 1. The lowest BCUT2D eigenvalue weighted by molar-refractivity contribution is -0.128. The van der Waals surface area contributed by atoms with Gasteiger partial charge in [-0.3, -0.25) is 4.79 Å². The number of rotatable bonds is 4. The first kappa shape index (κ1) is 18.1. The number of amides is 1. The third-order valence-corrected chi connectivity index (χ3v) is 7.60. The highest BCUT2D eigenvalue weighted by Gasteiger charge is 2.52. The highest BCUT2D eigenvalue weighted by atomic mass is 32.2. The van der Waals surface area contributed by atoms with Gasteiger partial charge in [0, 0.05) is 58.7 Å². The standard InChI is InChI=1S/C15H27N3O5S/c1-13(19)16-9-14-10-18(4-3-15(14,11-16)12-22-2)24(20,21)17-5-7-23-8-6-17/h14H,3-12H2,1-2H3/t14-,15-/m0/s1. The fraction of sp³-hybridized carbons (Fsp3) is 0.933. The Morgan fingerprint density at radius 3 is 2.54 bits per heavy atom. The summed E-state index contributed by atoms with van der Waals surface area (Å²) < 4.78 is 39.6. The van der Waals surface area contributed by atoms with Crippen molar-refractivity contribution in [2.24, 2.45) is 11.3 Å². The Bertz CT molecular complexity index is 578. The van der Waals surface area contributed by atoms with Crippen molar-refractivity contribution in [1.29, 1.82) is 0 Å². The van der Waals surface area contributed by atoms with Crippen LogP contribution in [0.15, 0.2) is 0 Å². The monoisotopic (exact) mass is 361 g/mol. The molecule has 1 amide bonds. The zero-order valence-electron chi connectivity index (χ0n) is 14.4. The molecule has 3 fully saturated rings. The fourth-order valence-electron chi connectivity index (χ4n) is 4.17. The number of hydrogen-bond donors (Lipinski definition) is 0. The van der Waals surface area contributed by atoms with Crippen molar-refractivity contribution in [1.82, 2.24) is 13.5 Å². The molecule has 3 aliphatic heterocycles. The van der Waals surface area contributed by atoms with E-state index in [1.54, 1.807) is 18.3 Å². The second-order valence-electron chi connectivity index (χ2n) is 7.02. The van der Waals surface area contributed by atoms with Crippen LogP contribution in [0.25, 0.3) is 0 Å². The van der Waals surface area contributed by atoms with E-state index in [1.807, 2.05) is 4.90 Å². The number of morpholine rings is 1. The molecule has 0 unspecified atom stereocenters. The molecule has 24 heavy (non-hydrogen) atoms. The fourth-order valence-corrected chi connectivity index (χ4v) is 5.79. The van der Waals surface area contributed by atoms with Crippen LogP contribution in [-0.2, 0) is 24.5 Å². The first-order chi connectivity index (χ1) is 11.4. The summed E-state index contributed by atoms with van der Waals surface area (Å²) in [7, 11) is -1.80.